The van der Waals surface area contributed by atoms with Crippen molar-refractivity contribution in [1.29, 1.82) is 0 Å². The van der Waals surface area contributed by atoms with Gasteiger partial charge in [-0.15, -0.1) is 0 Å². The zero-order chi connectivity index (χ0) is 32.4. The molecule has 0 saturated carbocycles. The average molecular weight is 613 g/mol. The van der Waals surface area contributed by atoms with Gasteiger partial charge in [-0.3, -0.25) is 0 Å². The van der Waals surface area contributed by atoms with Crippen LogP contribution in [0.15, 0.2) is 48.5 Å². The van der Waals surface area contributed by atoms with Gasteiger partial charge in [0, 0.05) is 0 Å². The van der Waals surface area contributed by atoms with Gasteiger partial charge in [-0.2, -0.15) is 0 Å². The number of carbonyl (C=O) groups is 4. The van der Waals surface area contributed by atoms with Crippen LogP contribution < -0.4 is 0 Å². The van der Waals surface area contributed by atoms with E-state index in [0.717, 1.165) is 77.0 Å². The van der Waals surface area contributed by atoms with Gasteiger partial charge in [0.1, 0.15) is 0 Å². The first-order chi connectivity index (χ1) is 21.4. The topological polar surface area (TPSA) is 105 Å². The molecule has 0 heterocycles. The largest absolute Gasteiger partial charge is 0.462 e. The Morgan fingerprint density at radius 1 is 0.386 bits per heavy atom. The smallest absolute Gasteiger partial charge is 0.339 e. The average Bonchev–Trinajstić information content (AvgIpc) is 3.05. The molecule has 0 amide bonds. The highest BCUT2D eigenvalue weighted by atomic mass is 16.5. The van der Waals surface area contributed by atoms with Gasteiger partial charge in [0.15, 0.2) is 0 Å². The molecule has 0 aliphatic heterocycles. The molecular formula is C36H52O8. The Hall–Kier alpha value is -3.68. The lowest BCUT2D eigenvalue weighted by Gasteiger charge is -2.09. The molecule has 2 rings (SSSR count). The molecule has 0 atom stereocenters. The van der Waals surface area contributed by atoms with Crippen LogP contribution in [0.4, 0.5) is 0 Å². The second-order valence-electron chi connectivity index (χ2n) is 10.5. The zero-order valence-electron chi connectivity index (χ0n) is 27.2. The van der Waals surface area contributed by atoms with Crippen LogP contribution in [0.25, 0.3) is 0 Å². The molecule has 8 heteroatoms. The van der Waals surface area contributed by atoms with Crippen molar-refractivity contribution < 1.29 is 38.1 Å². The van der Waals surface area contributed by atoms with E-state index >= 15 is 0 Å². The third-order valence-electron chi connectivity index (χ3n) is 6.66. The highest BCUT2D eigenvalue weighted by molar-refractivity contribution is 6.03. The van der Waals surface area contributed by atoms with Crippen LogP contribution in [0.1, 0.15) is 146 Å². The summed E-state index contributed by atoms with van der Waals surface area (Å²) >= 11 is 0. The normalized spacial score (nSPS) is 10.3. The lowest BCUT2D eigenvalue weighted by atomic mass is 10.1. The fraction of sp³-hybridized carbons (Fsp3) is 0.556. The molecule has 8 nitrogen and oxygen atoms in total. The molecule has 0 radical (unpaired) electrons. The van der Waals surface area contributed by atoms with Crippen molar-refractivity contribution in [3.63, 3.8) is 0 Å². The van der Waals surface area contributed by atoms with E-state index in [1.807, 2.05) is 0 Å². The first kappa shape index (κ1) is 38.3. The van der Waals surface area contributed by atoms with E-state index in [-0.39, 0.29) is 22.3 Å². The highest BCUT2D eigenvalue weighted by Gasteiger charge is 2.20. The van der Waals surface area contributed by atoms with Gasteiger partial charge in [0.05, 0.1) is 48.7 Å². The van der Waals surface area contributed by atoms with Crippen LogP contribution >= 0.6 is 0 Å². The van der Waals surface area contributed by atoms with E-state index in [1.165, 1.54) is 0 Å². The first-order valence-electron chi connectivity index (χ1n) is 16.3. The highest BCUT2D eigenvalue weighted by Crippen LogP contribution is 2.14. The van der Waals surface area contributed by atoms with Crippen LogP contribution in [-0.4, -0.2) is 50.3 Å². The predicted octanol–water partition coefficient (Wildman–Crippen LogP) is 8.76. The number of esters is 4. The molecule has 2 aromatic carbocycles. The Morgan fingerprint density at radius 3 is 0.773 bits per heavy atom. The molecule has 0 N–H and O–H groups in total. The maximum Gasteiger partial charge on any atom is 0.339 e. The summed E-state index contributed by atoms with van der Waals surface area (Å²) in [6, 6.07) is 13.3. The molecule has 0 unspecified atom stereocenters. The lowest BCUT2D eigenvalue weighted by molar-refractivity contribution is 0.0451. The summed E-state index contributed by atoms with van der Waals surface area (Å²) in [5.41, 5.74) is 1.11. The first-order valence-corrected chi connectivity index (χ1v) is 16.3. The van der Waals surface area contributed by atoms with Gasteiger partial charge >= 0.3 is 23.9 Å². The Labute approximate surface area is 263 Å². The van der Waals surface area contributed by atoms with E-state index in [0.29, 0.717) is 26.4 Å². The molecule has 0 spiro atoms. The van der Waals surface area contributed by atoms with Crippen LogP contribution in [0, 0.1) is 0 Å². The summed E-state index contributed by atoms with van der Waals surface area (Å²) in [5, 5.41) is 0. The molecule has 44 heavy (non-hydrogen) atoms. The van der Waals surface area contributed by atoms with Gasteiger partial charge in [0.2, 0.25) is 0 Å². The minimum absolute atomic E-state index is 0.277. The standard InChI is InChI=1S/2C18H26O4/c2*1-3-5-9-13-21-17(19)15-11-7-8-12-16(15)18(20)22-14-10-6-4-2/h2*7-8,11-12H,3-6,9-10,13-14H2,1-2H3. The van der Waals surface area contributed by atoms with Crippen molar-refractivity contribution in [2.45, 2.75) is 105 Å². The summed E-state index contributed by atoms with van der Waals surface area (Å²) in [6.45, 7) is 9.88. The molecule has 0 aromatic heterocycles. The lowest BCUT2D eigenvalue weighted by Crippen LogP contribution is -2.15. The van der Waals surface area contributed by atoms with Crippen LogP contribution in [0.3, 0.4) is 0 Å². The van der Waals surface area contributed by atoms with Gasteiger partial charge in [-0.1, -0.05) is 103 Å². The molecule has 0 saturated heterocycles. The molecular weight excluding hydrogens is 560 g/mol. The van der Waals surface area contributed by atoms with E-state index in [4.69, 9.17) is 18.9 Å². The molecule has 2 aromatic rings. The van der Waals surface area contributed by atoms with Crippen LogP contribution in [-0.2, 0) is 18.9 Å². The van der Waals surface area contributed by atoms with E-state index in [1.54, 1.807) is 48.5 Å². The van der Waals surface area contributed by atoms with Crippen molar-refractivity contribution >= 4 is 23.9 Å². The van der Waals surface area contributed by atoms with E-state index in [2.05, 4.69) is 27.7 Å². The SMILES string of the molecule is CCCCCOC(=O)c1ccccc1C(=O)OCCCCC.CCCCCOC(=O)c1ccccc1C(=O)OCCCCC. The van der Waals surface area contributed by atoms with Crippen molar-refractivity contribution in [3.05, 3.63) is 70.8 Å². The second-order valence-corrected chi connectivity index (χ2v) is 10.5. The van der Waals surface area contributed by atoms with Crippen molar-refractivity contribution in [2.24, 2.45) is 0 Å². The number of rotatable bonds is 20. The van der Waals surface area contributed by atoms with Gasteiger partial charge in [0.25, 0.3) is 0 Å². The zero-order valence-corrected chi connectivity index (χ0v) is 27.2. The molecule has 0 fully saturated rings. The number of benzene rings is 2. The van der Waals surface area contributed by atoms with Crippen molar-refractivity contribution in [1.82, 2.24) is 0 Å². The predicted molar refractivity (Wildman–Crippen MR) is 172 cm³/mol. The third-order valence-corrected chi connectivity index (χ3v) is 6.66. The Kier molecular flexibility index (Phi) is 21.6. The maximum absolute atomic E-state index is 12.1. The Morgan fingerprint density at radius 2 is 0.591 bits per heavy atom. The minimum Gasteiger partial charge on any atom is -0.462 e. The number of hydrogen-bond donors (Lipinski definition) is 0. The summed E-state index contributed by atoms with van der Waals surface area (Å²) in [7, 11) is 0. The van der Waals surface area contributed by atoms with Crippen molar-refractivity contribution in [3.8, 4) is 0 Å². The summed E-state index contributed by atoms with van der Waals surface area (Å²) < 4.78 is 20.9. The second kappa shape index (κ2) is 24.7. The minimum atomic E-state index is -0.461. The molecule has 0 aliphatic carbocycles. The van der Waals surface area contributed by atoms with Crippen LogP contribution in [0.5, 0.6) is 0 Å². The van der Waals surface area contributed by atoms with Gasteiger partial charge < -0.3 is 18.9 Å². The van der Waals surface area contributed by atoms with Gasteiger partial charge in [-0.05, 0) is 49.9 Å². The molecule has 0 bridgehead atoms. The van der Waals surface area contributed by atoms with E-state index < -0.39 is 23.9 Å². The molecule has 244 valence electrons. The Bertz CT molecular complexity index is 937. The molecule has 0 aliphatic rings. The quantitative estimate of drug-likeness (QED) is 0.0830. The van der Waals surface area contributed by atoms with Crippen LogP contribution in [0.2, 0.25) is 0 Å². The fourth-order valence-electron chi connectivity index (χ4n) is 4.06. The summed E-state index contributed by atoms with van der Waals surface area (Å²) in [5.74, 6) is -1.84. The monoisotopic (exact) mass is 612 g/mol. The fourth-order valence-corrected chi connectivity index (χ4v) is 4.06. The van der Waals surface area contributed by atoms with Crippen molar-refractivity contribution in [2.75, 3.05) is 26.4 Å². The summed E-state index contributed by atoms with van der Waals surface area (Å²) in [6.07, 6.45) is 11.7. The number of carbonyl (C=O) groups excluding carboxylic acids is 4. The number of hydrogen-bond acceptors (Lipinski definition) is 8. The summed E-state index contributed by atoms with van der Waals surface area (Å²) in [4.78, 5) is 48.3. The maximum atomic E-state index is 12.1. The third kappa shape index (κ3) is 15.7. The number of ether oxygens (including phenoxy) is 4. The Balaban J connectivity index is 0.000000440. The van der Waals surface area contributed by atoms with Gasteiger partial charge in [-0.25, -0.2) is 19.2 Å². The van der Waals surface area contributed by atoms with E-state index in [9.17, 15) is 19.2 Å². The number of unbranched alkanes of at least 4 members (excludes halogenated alkanes) is 8.